The normalized spacial score (nSPS) is 15.0. The number of nitrogens with zero attached hydrogens (tertiary/aromatic N) is 2. The van der Waals surface area contributed by atoms with Crippen molar-refractivity contribution < 1.29 is 27.5 Å². The number of hydrogen-bond donors (Lipinski definition) is 2. The maximum absolute atomic E-state index is 13.6. The van der Waals surface area contributed by atoms with Crippen molar-refractivity contribution in [2.75, 3.05) is 30.6 Å². The summed E-state index contributed by atoms with van der Waals surface area (Å²) in [5.41, 5.74) is 6.13. The minimum absolute atomic E-state index is 0.0698. The summed E-state index contributed by atoms with van der Waals surface area (Å²) in [4.78, 5) is 25.0. The molecule has 0 spiro atoms. The molecule has 0 bridgehead atoms. The molecule has 0 unspecified atom stereocenters. The van der Waals surface area contributed by atoms with Crippen LogP contribution in [0.3, 0.4) is 0 Å². The Morgan fingerprint density at radius 2 is 1.71 bits per heavy atom. The molecule has 222 valence electrons. The molecular formula is C31H36N4O6S. The lowest BCUT2D eigenvalue weighted by Gasteiger charge is -2.25. The number of nitrogens with one attached hydrogen (secondary N) is 2. The van der Waals surface area contributed by atoms with E-state index in [0.29, 0.717) is 23.5 Å². The van der Waals surface area contributed by atoms with Crippen LogP contribution >= 0.6 is 0 Å². The van der Waals surface area contributed by atoms with Gasteiger partial charge in [0.25, 0.3) is 21.8 Å². The van der Waals surface area contributed by atoms with Crippen molar-refractivity contribution in [3.8, 4) is 5.75 Å². The Morgan fingerprint density at radius 1 is 1.00 bits per heavy atom. The molecular weight excluding hydrogens is 556 g/mol. The summed E-state index contributed by atoms with van der Waals surface area (Å²) in [6, 6.07) is 18.7. The highest BCUT2D eigenvalue weighted by Crippen LogP contribution is 2.27. The summed E-state index contributed by atoms with van der Waals surface area (Å²) in [6.07, 6.45) is 3.46. The second-order valence-electron chi connectivity index (χ2n) is 10.2. The highest BCUT2D eigenvalue weighted by atomic mass is 32.2. The van der Waals surface area contributed by atoms with Gasteiger partial charge in [-0.1, -0.05) is 35.4 Å². The SMILES string of the molecule is Cc1ccc(S(=O)(=O)N(CC(=O)N/N=C\c2ccc(OCC(=O)NC[C@@H]3CCCO3)cc2)c2ccc(C)cc2C)cc1. The summed E-state index contributed by atoms with van der Waals surface area (Å²) in [5, 5.41) is 6.80. The van der Waals surface area contributed by atoms with E-state index in [9.17, 15) is 18.0 Å². The van der Waals surface area contributed by atoms with Crippen molar-refractivity contribution in [3.05, 3.63) is 89.0 Å². The molecule has 2 N–H and O–H groups in total. The molecule has 0 aromatic heterocycles. The van der Waals surface area contributed by atoms with E-state index in [1.54, 1.807) is 55.5 Å². The Bertz CT molecular complexity index is 1520. The van der Waals surface area contributed by atoms with Crippen LogP contribution in [-0.2, 0) is 24.3 Å². The molecule has 1 aliphatic heterocycles. The molecule has 2 amide bonds. The minimum Gasteiger partial charge on any atom is -0.484 e. The molecule has 0 saturated carbocycles. The molecule has 10 nitrogen and oxygen atoms in total. The second-order valence-corrected chi connectivity index (χ2v) is 12.1. The predicted molar refractivity (Wildman–Crippen MR) is 161 cm³/mol. The number of rotatable bonds is 12. The van der Waals surface area contributed by atoms with Crippen molar-refractivity contribution in [2.24, 2.45) is 5.10 Å². The Hall–Kier alpha value is -4.22. The third kappa shape index (κ3) is 8.40. The fourth-order valence-electron chi connectivity index (χ4n) is 4.45. The molecule has 11 heteroatoms. The zero-order valence-corrected chi connectivity index (χ0v) is 24.8. The lowest BCUT2D eigenvalue weighted by Crippen LogP contribution is -2.40. The van der Waals surface area contributed by atoms with E-state index in [1.807, 2.05) is 19.9 Å². The average molecular weight is 593 g/mol. The van der Waals surface area contributed by atoms with E-state index >= 15 is 0 Å². The standard InChI is InChI=1S/C31H36N4O6S/c1-22-6-13-28(14-7-22)42(38,39)35(29-15-8-23(2)17-24(29)3)20-30(36)34-33-18-25-9-11-26(12-10-25)41-21-31(37)32-19-27-5-4-16-40-27/h6-15,17-18,27H,4-5,16,19-21H2,1-3H3,(H,32,37)(H,34,36)/b33-18-/t27-/m0/s1. The third-order valence-electron chi connectivity index (χ3n) is 6.72. The lowest BCUT2D eigenvalue weighted by atomic mass is 10.1. The van der Waals surface area contributed by atoms with Crippen LogP contribution in [-0.4, -0.2) is 58.9 Å². The van der Waals surface area contributed by atoms with E-state index in [-0.39, 0.29) is 23.5 Å². The molecule has 1 fully saturated rings. The molecule has 4 rings (SSSR count). The second kappa shape index (κ2) is 14.1. The lowest BCUT2D eigenvalue weighted by molar-refractivity contribution is -0.123. The number of benzene rings is 3. The maximum atomic E-state index is 13.6. The number of hydrogen-bond acceptors (Lipinski definition) is 7. The van der Waals surface area contributed by atoms with Crippen molar-refractivity contribution in [1.82, 2.24) is 10.7 Å². The van der Waals surface area contributed by atoms with Crippen LogP contribution in [0.25, 0.3) is 0 Å². The summed E-state index contributed by atoms with van der Waals surface area (Å²) >= 11 is 0. The van der Waals surface area contributed by atoms with Gasteiger partial charge < -0.3 is 14.8 Å². The molecule has 0 radical (unpaired) electrons. The molecule has 1 saturated heterocycles. The number of sulfonamides is 1. The quantitative estimate of drug-likeness (QED) is 0.244. The first-order valence-corrected chi connectivity index (χ1v) is 15.2. The molecule has 1 aliphatic rings. The highest BCUT2D eigenvalue weighted by molar-refractivity contribution is 7.92. The first kappa shape index (κ1) is 30.7. The van der Waals surface area contributed by atoms with Gasteiger partial charge in [0.1, 0.15) is 12.3 Å². The Labute approximate surface area is 246 Å². The molecule has 0 aliphatic carbocycles. The van der Waals surface area contributed by atoms with E-state index < -0.39 is 22.5 Å². The van der Waals surface area contributed by atoms with Crippen LogP contribution in [0.4, 0.5) is 5.69 Å². The summed E-state index contributed by atoms with van der Waals surface area (Å²) in [6.45, 7) is 6.23. The number of hydrazone groups is 1. The molecule has 3 aromatic rings. The van der Waals surface area contributed by atoms with Crippen LogP contribution in [0.5, 0.6) is 5.75 Å². The van der Waals surface area contributed by atoms with Gasteiger partial charge in [-0.2, -0.15) is 5.10 Å². The van der Waals surface area contributed by atoms with Crippen molar-refractivity contribution in [2.45, 2.75) is 44.6 Å². The van der Waals surface area contributed by atoms with E-state index in [1.165, 1.54) is 18.3 Å². The van der Waals surface area contributed by atoms with Gasteiger partial charge in [0.15, 0.2) is 6.61 Å². The van der Waals surface area contributed by atoms with Gasteiger partial charge in [-0.15, -0.1) is 0 Å². The predicted octanol–water partition coefficient (Wildman–Crippen LogP) is 3.63. The number of carbonyl (C=O) groups excluding carboxylic acids is 2. The monoisotopic (exact) mass is 592 g/mol. The fourth-order valence-corrected chi connectivity index (χ4v) is 5.94. The van der Waals surface area contributed by atoms with Crippen LogP contribution in [0, 0.1) is 20.8 Å². The summed E-state index contributed by atoms with van der Waals surface area (Å²) < 4.78 is 39.3. The number of anilines is 1. The smallest absolute Gasteiger partial charge is 0.264 e. The van der Waals surface area contributed by atoms with Gasteiger partial charge in [0.05, 0.1) is 22.9 Å². The van der Waals surface area contributed by atoms with Crippen molar-refractivity contribution in [1.29, 1.82) is 0 Å². The number of aryl methyl sites for hydroxylation is 3. The minimum atomic E-state index is -4.03. The van der Waals surface area contributed by atoms with Gasteiger partial charge in [0, 0.05) is 13.2 Å². The fraction of sp³-hybridized carbons (Fsp3) is 0.323. The first-order chi connectivity index (χ1) is 20.1. The third-order valence-corrected chi connectivity index (χ3v) is 8.49. The van der Waals surface area contributed by atoms with Crippen LogP contribution < -0.4 is 19.8 Å². The number of amides is 2. The first-order valence-electron chi connectivity index (χ1n) is 13.7. The topological polar surface area (TPSA) is 126 Å². The van der Waals surface area contributed by atoms with Gasteiger partial charge in [-0.05, 0) is 87.2 Å². The largest absolute Gasteiger partial charge is 0.484 e. The Kier molecular flexibility index (Phi) is 10.3. The number of ether oxygens (including phenoxy) is 2. The van der Waals surface area contributed by atoms with E-state index in [0.717, 1.165) is 40.4 Å². The van der Waals surface area contributed by atoms with E-state index in [2.05, 4.69) is 15.8 Å². The molecule has 3 aromatic carbocycles. The van der Waals surface area contributed by atoms with Crippen LogP contribution in [0.1, 0.15) is 35.1 Å². The van der Waals surface area contributed by atoms with Crippen LogP contribution in [0.2, 0.25) is 0 Å². The molecule has 42 heavy (non-hydrogen) atoms. The summed E-state index contributed by atoms with van der Waals surface area (Å²) in [5.74, 6) is -0.317. The van der Waals surface area contributed by atoms with Crippen molar-refractivity contribution >= 4 is 33.7 Å². The average Bonchev–Trinajstić information content (AvgIpc) is 3.49. The Balaban J connectivity index is 1.35. The zero-order valence-electron chi connectivity index (χ0n) is 24.0. The zero-order chi connectivity index (χ0) is 30.1. The van der Waals surface area contributed by atoms with Crippen LogP contribution in [0.15, 0.2) is 76.7 Å². The molecule has 1 heterocycles. The maximum Gasteiger partial charge on any atom is 0.264 e. The van der Waals surface area contributed by atoms with Gasteiger partial charge in [0.2, 0.25) is 0 Å². The highest BCUT2D eigenvalue weighted by Gasteiger charge is 2.28. The van der Waals surface area contributed by atoms with E-state index in [4.69, 9.17) is 9.47 Å². The summed E-state index contributed by atoms with van der Waals surface area (Å²) in [7, 11) is -4.03. The Morgan fingerprint density at radius 3 is 2.38 bits per heavy atom. The van der Waals surface area contributed by atoms with Gasteiger partial charge in [-0.25, -0.2) is 13.8 Å². The van der Waals surface area contributed by atoms with Crippen molar-refractivity contribution in [3.63, 3.8) is 0 Å². The van der Waals surface area contributed by atoms with Gasteiger partial charge >= 0.3 is 0 Å². The molecule has 1 atom stereocenters. The van der Waals surface area contributed by atoms with Gasteiger partial charge in [-0.3, -0.25) is 13.9 Å². The number of carbonyl (C=O) groups is 2.